The van der Waals surface area contributed by atoms with E-state index in [0.29, 0.717) is 18.8 Å². The van der Waals surface area contributed by atoms with Crippen LogP contribution < -0.4 is 0 Å². The number of rotatable bonds is 5. The van der Waals surface area contributed by atoms with Gasteiger partial charge in [-0.25, -0.2) is 0 Å². The molecule has 6 heteroatoms. The van der Waals surface area contributed by atoms with Crippen LogP contribution in [0.1, 0.15) is 27.7 Å². The molecular weight excluding hydrogens is 328 g/mol. The summed E-state index contributed by atoms with van der Waals surface area (Å²) in [6, 6.07) is 15.9. The molecule has 0 aliphatic carbocycles. The zero-order valence-electron chi connectivity index (χ0n) is 14.8. The second-order valence-corrected chi connectivity index (χ2v) is 6.45. The van der Waals surface area contributed by atoms with Gasteiger partial charge in [0.25, 0.3) is 5.91 Å². The van der Waals surface area contributed by atoms with Crippen LogP contribution in [0.25, 0.3) is 10.9 Å². The highest BCUT2D eigenvalue weighted by molar-refractivity contribution is 5.92. The Balaban J connectivity index is 1.47. The maximum atomic E-state index is 12.6. The second kappa shape index (κ2) is 6.55. The molecule has 6 nitrogen and oxygen atoms in total. The van der Waals surface area contributed by atoms with E-state index in [1.807, 2.05) is 37.4 Å². The molecule has 0 unspecified atom stereocenters. The van der Waals surface area contributed by atoms with Crippen molar-refractivity contribution in [1.29, 1.82) is 0 Å². The van der Waals surface area contributed by atoms with Gasteiger partial charge in [0.2, 0.25) is 0 Å². The van der Waals surface area contributed by atoms with E-state index in [1.54, 1.807) is 18.0 Å². The predicted octanol–water partition coefficient (Wildman–Crippen LogP) is 3.59. The topological polar surface area (TPSA) is 67.1 Å². The standard InChI is InChI=1S/C20H20N4O2/c1-14-7-8-17(26-14)13-23(2)20(25)18-11-16(21-22-18)12-24-10-9-15-5-3-4-6-19(15)24/h3-11H,12-13H2,1-2H3,(H,21,22). The summed E-state index contributed by atoms with van der Waals surface area (Å²) < 4.78 is 7.66. The molecule has 3 heterocycles. The first-order valence-electron chi connectivity index (χ1n) is 8.49. The Labute approximate surface area is 151 Å². The number of nitrogens with one attached hydrogen (secondary N) is 1. The maximum absolute atomic E-state index is 12.6. The molecular formula is C20H20N4O2. The summed E-state index contributed by atoms with van der Waals surface area (Å²) in [5.41, 5.74) is 2.44. The number of aromatic nitrogens is 3. The molecule has 132 valence electrons. The molecule has 0 bridgehead atoms. The average Bonchev–Trinajstić information content (AvgIpc) is 3.36. The predicted molar refractivity (Wildman–Crippen MR) is 98.9 cm³/mol. The van der Waals surface area contributed by atoms with Crippen molar-refractivity contribution < 1.29 is 9.21 Å². The number of carbonyl (C=O) groups is 1. The molecule has 0 aliphatic rings. The third-order valence-corrected chi connectivity index (χ3v) is 4.41. The van der Waals surface area contributed by atoms with E-state index in [0.717, 1.165) is 22.7 Å². The number of hydrogen-bond acceptors (Lipinski definition) is 3. The van der Waals surface area contributed by atoms with Crippen molar-refractivity contribution in [1.82, 2.24) is 19.7 Å². The fraction of sp³-hybridized carbons (Fsp3) is 0.200. The third-order valence-electron chi connectivity index (χ3n) is 4.41. The largest absolute Gasteiger partial charge is 0.464 e. The molecule has 4 rings (SSSR count). The average molecular weight is 348 g/mol. The molecule has 0 atom stereocenters. The van der Waals surface area contributed by atoms with Crippen LogP contribution in [0.5, 0.6) is 0 Å². The van der Waals surface area contributed by atoms with Gasteiger partial charge in [0.15, 0.2) is 0 Å². The molecule has 0 fully saturated rings. The molecule has 0 radical (unpaired) electrons. The lowest BCUT2D eigenvalue weighted by atomic mass is 10.2. The van der Waals surface area contributed by atoms with E-state index in [9.17, 15) is 4.79 Å². The number of aryl methyl sites for hydroxylation is 1. The lowest BCUT2D eigenvalue weighted by molar-refractivity contribution is 0.0769. The first kappa shape index (κ1) is 16.2. The van der Waals surface area contributed by atoms with Crippen molar-refractivity contribution in [3.8, 4) is 0 Å². The fourth-order valence-corrected chi connectivity index (χ4v) is 3.09. The SMILES string of the molecule is Cc1ccc(CN(C)C(=O)c2cc(Cn3ccc4ccccc43)[nH]n2)o1. The van der Waals surface area contributed by atoms with Crippen LogP contribution in [0.3, 0.4) is 0 Å². The summed E-state index contributed by atoms with van der Waals surface area (Å²) in [6.07, 6.45) is 2.04. The quantitative estimate of drug-likeness (QED) is 0.599. The molecule has 26 heavy (non-hydrogen) atoms. The Bertz CT molecular complexity index is 1060. The number of carbonyl (C=O) groups excluding carboxylic acids is 1. The smallest absolute Gasteiger partial charge is 0.274 e. The maximum Gasteiger partial charge on any atom is 0.274 e. The van der Waals surface area contributed by atoms with Gasteiger partial charge in [-0.1, -0.05) is 18.2 Å². The number of hydrogen-bond donors (Lipinski definition) is 1. The van der Waals surface area contributed by atoms with Crippen molar-refractivity contribution >= 4 is 16.8 Å². The van der Waals surface area contributed by atoms with E-state index in [1.165, 1.54) is 5.39 Å². The Morgan fingerprint density at radius 3 is 2.88 bits per heavy atom. The summed E-state index contributed by atoms with van der Waals surface area (Å²) in [4.78, 5) is 14.2. The molecule has 1 N–H and O–H groups in total. The number of aromatic amines is 1. The van der Waals surface area contributed by atoms with Gasteiger partial charge in [-0.15, -0.1) is 0 Å². The Hall–Kier alpha value is -3.28. The van der Waals surface area contributed by atoms with Gasteiger partial charge < -0.3 is 13.9 Å². The van der Waals surface area contributed by atoms with Gasteiger partial charge >= 0.3 is 0 Å². The van der Waals surface area contributed by atoms with E-state index < -0.39 is 0 Å². The zero-order valence-corrected chi connectivity index (χ0v) is 14.8. The van der Waals surface area contributed by atoms with Gasteiger partial charge in [-0.3, -0.25) is 9.89 Å². The molecule has 1 amide bonds. The minimum absolute atomic E-state index is 0.140. The highest BCUT2D eigenvalue weighted by Crippen LogP contribution is 2.17. The van der Waals surface area contributed by atoms with Crippen molar-refractivity contribution in [2.24, 2.45) is 0 Å². The second-order valence-electron chi connectivity index (χ2n) is 6.45. The molecule has 3 aromatic heterocycles. The number of benzene rings is 1. The number of furan rings is 1. The van der Waals surface area contributed by atoms with Crippen LogP contribution in [0.15, 0.2) is 59.1 Å². The lowest BCUT2D eigenvalue weighted by Gasteiger charge is -2.13. The molecule has 0 saturated carbocycles. The van der Waals surface area contributed by atoms with Crippen LogP contribution in [-0.2, 0) is 13.1 Å². The summed E-state index contributed by atoms with van der Waals surface area (Å²) in [7, 11) is 1.74. The Morgan fingerprint density at radius 1 is 1.23 bits per heavy atom. The summed E-state index contributed by atoms with van der Waals surface area (Å²) in [6.45, 7) is 2.93. The molecule has 0 saturated heterocycles. The van der Waals surface area contributed by atoms with Crippen molar-refractivity contribution in [2.45, 2.75) is 20.0 Å². The minimum Gasteiger partial charge on any atom is -0.464 e. The number of H-pyrrole nitrogens is 1. The van der Waals surface area contributed by atoms with E-state index in [-0.39, 0.29) is 5.91 Å². The Morgan fingerprint density at radius 2 is 2.08 bits per heavy atom. The van der Waals surface area contributed by atoms with Crippen molar-refractivity contribution in [3.05, 3.63) is 77.6 Å². The van der Waals surface area contributed by atoms with Crippen molar-refractivity contribution in [3.63, 3.8) is 0 Å². The monoisotopic (exact) mass is 348 g/mol. The van der Waals surface area contributed by atoms with Gasteiger partial charge in [0.05, 0.1) is 18.8 Å². The Kier molecular flexibility index (Phi) is 4.08. The van der Waals surface area contributed by atoms with E-state index in [2.05, 4.69) is 33.0 Å². The lowest BCUT2D eigenvalue weighted by Crippen LogP contribution is -2.26. The van der Waals surface area contributed by atoms with E-state index in [4.69, 9.17) is 4.42 Å². The third kappa shape index (κ3) is 3.13. The van der Waals surface area contributed by atoms with Gasteiger partial charge in [-0.2, -0.15) is 5.10 Å². The van der Waals surface area contributed by atoms with Crippen LogP contribution in [0, 0.1) is 6.92 Å². The van der Waals surface area contributed by atoms with Gasteiger partial charge in [-0.05, 0) is 42.6 Å². The van der Waals surface area contributed by atoms with E-state index >= 15 is 0 Å². The highest BCUT2D eigenvalue weighted by Gasteiger charge is 2.17. The number of fused-ring (bicyclic) bond motifs is 1. The first-order valence-corrected chi connectivity index (χ1v) is 8.49. The highest BCUT2D eigenvalue weighted by atomic mass is 16.3. The van der Waals surface area contributed by atoms with Gasteiger partial charge in [0.1, 0.15) is 17.2 Å². The zero-order chi connectivity index (χ0) is 18.1. The molecule has 1 aromatic carbocycles. The van der Waals surface area contributed by atoms with Crippen LogP contribution >= 0.6 is 0 Å². The summed E-state index contributed by atoms with van der Waals surface area (Å²) >= 11 is 0. The fourth-order valence-electron chi connectivity index (χ4n) is 3.09. The molecule has 0 aliphatic heterocycles. The molecule has 0 spiro atoms. The number of nitrogens with zero attached hydrogens (tertiary/aromatic N) is 3. The van der Waals surface area contributed by atoms with Crippen molar-refractivity contribution in [2.75, 3.05) is 7.05 Å². The molecule has 4 aromatic rings. The van der Waals surface area contributed by atoms with Crippen LogP contribution in [0.4, 0.5) is 0 Å². The van der Waals surface area contributed by atoms with Crippen LogP contribution in [-0.4, -0.2) is 32.6 Å². The number of para-hydroxylation sites is 1. The summed E-state index contributed by atoms with van der Waals surface area (Å²) in [5.74, 6) is 1.45. The van der Waals surface area contributed by atoms with Gasteiger partial charge in [0, 0.05) is 18.8 Å². The van der Waals surface area contributed by atoms with Crippen LogP contribution in [0.2, 0.25) is 0 Å². The first-order chi connectivity index (χ1) is 12.6. The summed E-state index contributed by atoms with van der Waals surface area (Å²) in [5, 5.41) is 8.35. The minimum atomic E-state index is -0.140. The number of amides is 1. The normalized spacial score (nSPS) is 11.2.